The van der Waals surface area contributed by atoms with Gasteiger partial charge >= 0.3 is 0 Å². The molecule has 7 nitrogen and oxygen atoms in total. The zero-order chi connectivity index (χ0) is 24.1. The SMILES string of the molecule is CC(C)OCc1c(Br)n(COCC[Si](C)(C)C)c2cnn(COCC[Si](C)(C)C)c(=O)c12. The van der Waals surface area contributed by atoms with Gasteiger partial charge in [0.2, 0.25) is 0 Å². The van der Waals surface area contributed by atoms with E-state index in [4.69, 9.17) is 14.2 Å². The summed E-state index contributed by atoms with van der Waals surface area (Å²) in [6, 6.07) is 2.14. The van der Waals surface area contributed by atoms with Crippen LogP contribution >= 0.6 is 15.9 Å². The van der Waals surface area contributed by atoms with E-state index in [1.54, 1.807) is 6.20 Å². The molecule has 182 valence electrons. The van der Waals surface area contributed by atoms with E-state index in [-0.39, 0.29) is 18.4 Å². The average Bonchev–Trinajstić information content (AvgIpc) is 2.92. The van der Waals surface area contributed by atoms with Gasteiger partial charge in [-0.15, -0.1) is 0 Å². The van der Waals surface area contributed by atoms with Crippen LogP contribution in [0.3, 0.4) is 0 Å². The first-order chi connectivity index (χ1) is 14.8. The van der Waals surface area contributed by atoms with Crippen LogP contribution < -0.4 is 5.56 Å². The molecule has 2 rings (SSSR count). The summed E-state index contributed by atoms with van der Waals surface area (Å²) in [6.45, 7) is 20.1. The van der Waals surface area contributed by atoms with Crippen molar-refractivity contribution >= 4 is 43.0 Å². The van der Waals surface area contributed by atoms with Crippen molar-refractivity contribution in [2.45, 2.75) is 91.4 Å². The van der Waals surface area contributed by atoms with Gasteiger partial charge in [-0.05, 0) is 41.9 Å². The first kappa shape index (κ1) is 27.5. The van der Waals surface area contributed by atoms with E-state index in [9.17, 15) is 4.79 Å². The van der Waals surface area contributed by atoms with Gasteiger partial charge in [0.15, 0.2) is 0 Å². The van der Waals surface area contributed by atoms with Crippen molar-refractivity contribution in [1.82, 2.24) is 14.3 Å². The highest BCUT2D eigenvalue weighted by Crippen LogP contribution is 2.29. The topological polar surface area (TPSA) is 67.5 Å². The minimum absolute atomic E-state index is 0.0576. The Hall–Kier alpha value is -0.786. The third kappa shape index (κ3) is 8.21. The van der Waals surface area contributed by atoms with E-state index in [1.165, 1.54) is 4.68 Å². The van der Waals surface area contributed by atoms with Gasteiger partial charge < -0.3 is 18.8 Å². The number of fused-ring (bicyclic) bond motifs is 1. The highest BCUT2D eigenvalue weighted by atomic mass is 79.9. The number of aromatic nitrogens is 3. The van der Waals surface area contributed by atoms with Crippen LogP contribution in [0.1, 0.15) is 19.4 Å². The fraction of sp³-hybridized carbons (Fsp3) is 0.727. The summed E-state index contributed by atoms with van der Waals surface area (Å²) < 4.78 is 21.8. The molecule has 0 spiro atoms. The lowest BCUT2D eigenvalue weighted by molar-refractivity contribution is 0.0645. The van der Waals surface area contributed by atoms with Gasteiger partial charge in [-0.25, -0.2) is 4.68 Å². The van der Waals surface area contributed by atoms with Crippen molar-refractivity contribution in [2.75, 3.05) is 13.2 Å². The molecule has 2 aromatic rings. The van der Waals surface area contributed by atoms with Crippen molar-refractivity contribution in [3.05, 3.63) is 26.7 Å². The zero-order valence-corrected chi connectivity index (χ0v) is 24.5. The van der Waals surface area contributed by atoms with E-state index in [1.807, 2.05) is 18.4 Å². The predicted molar refractivity (Wildman–Crippen MR) is 140 cm³/mol. The standard InChI is InChI=1S/C22H40BrN3O4Si2/c1-17(2)30-14-18-20-19(25(21(18)23)15-28-9-11-31(3,4)5)13-24-26(22(20)27)16-29-10-12-32(6,7)8/h13,17H,9-12,14-16H2,1-8H3. The molecule has 32 heavy (non-hydrogen) atoms. The normalized spacial score (nSPS) is 12.9. The predicted octanol–water partition coefficient (Wildman–Crippen LogP) is 5.51. The fourth-order valence-electron chi connectivity index (χ4n) is 3.00. The Morgan fingerprint density at radius 2 is 1.56 bits per heavy atom. The molecular formula is C22H40BrN3O4Si2. The molecule has 2 aromatic heterocycles. The quantitative estimate of drug-likeness (QED) is 0.245. The van der Waals surface area contributed by atoms with Gasteiger partial charge in [-0.1, -0.05) is 39.3 Å². The molecule has 0 atom stereocenters. The van der Waals surface area contributed by atoms with Crippen LogP contribution in [-0.4, -0.2) is 49.8 Å². The Bertz CT molecular complexity index is 946. The fourth-order valence-corrected chi connectivity index (χ4v) is 5.12. The summed E-state index contributed by atoms with van der Waals surface area (Å²) in [7, 11) is -2.36. The van der Waals surface area contributed by atoms with Crippen LogP contribution in [0.5, 0.6) is 0 Å². The Labute approximate surface area is 202 Å². The first-order valence-corrected chi connectivity index (χ1v) is 19.5. The van der Waals surface area contributed by atoms with E-state index < -0.39 is 16.1 Å². The number of hydrogen-bond acceptors (Lipinski definition) is 5. The summed E-state index contributed by atoms with van der Waals surface area (Å²) in [5, 5.41) is 4.98. The van der Waals surface area contributed by atoms with Gasteiger partial charge in [0.1, 0.15) is 13.5 Å². The third-order valence-electron chi connectivity index (χ3n) is 5.09. The molecule has 0 saturated heterocycles. The number of hydrogen-bond donors (Lipinski definition) is 0. The average molecular weight is 547 g/mol. The van der Waals surface area contributed by atoms with Crippen molar-refractivity contribution in [2.24, 2.45) is 0 Å². The second kappa shape index (κ2) is 11.6. The summed E-state index contributed by atoms with van der Waals surface area (Å²) in [6.07, 6.45) is 1.78. The molecule has 0 saturated carbocycles. The van der Waals surface area contributed by atoms with Gasteiger partial charge in [0.05, 0.1) is 34.4 Å². The van der Waals surface area contributed by atoms with E-state index in [0.29, 0.717) is 31.9 Å². The molecule has 10 heteroatoms. The molecule has 0 N–H and O–H groups in total. The Kier molecular flexibility index (Phi) is 9.93. The number of nitrogens with zero attached hydrogens (tertiary/aromatic N) is 3. The maximum Gasteiger partial charge on any atom is 0.278 e. The monoisotopic (exact) mass is 545 g/mol. The Morgan fingerprint density at radius 3 is 2.09 bits per heavy atom. The van der Waals surface area contributed by atoms with Crippen LogP contribution in [0, 0.1) is 0 Å². The Balaban J connectivity index is 2.30. The minimum atomic E-state index is -1.19. The lowest BCUT2D eigenvalue weighted by Gasteiger charge is -2.16. The molecule has 0 aliphatic heterocycles. The van der Waals surface area contributed by atoms with Crippen LogP contribution in [0.15, 0.2) is 15.6 Å². The molecular weight excluding hydrogens is 506 g/mol. The number of halogens is 1. The maximum atomic E-state index is 13.3. The molecule has 0 unspecified atom stereocenters. The van der Waals surface area contributed by atoms with E-state index in [0.717, 1.165) is 27.8 Å². The summed E-state index contributed by atoms with van der Waals surface area (Å²) in [5.41, 5.74) is 1.40. The molecule has 0 radical (unpaired) electrons. The second-order valence-electron chi connectivity index (χ2n) is 11.0. The largest absolute Gasteiger partial charge is 0.374 e. The lowest BCUT2D eigenvalue weighted by Crippen LogP contribution is -2.26. The second-order valence-corrected chi connectivity index (χ2v) is 23.0. The molecule has 0 bridgehead atoms. The highest BCUT2D eigenvalue weighted by Gasteiger charge is 2.21. The van der Waals surface area contributed by atoms with Crippen molar-refractivity contribution < 1.29 is 14.2 Å². The molecule has 0 amide bonds. The van der Waals surface area contributed by atoms with Crippen LogP contribution in [0.4, 0.5) is 0 Å². The van der Waals surface area contributed by atoms with Crippen LogP contribution in [-0.2, 0) is 34.3 Å². The van der Waals surface area contributed by atoms with Gasteiger partial charge in [0.25, 0.3) is 5.56 Å². The zero-order valence-electron chi connectivity index (χ0n) is 21.0. The number of ether oxygens (including phenoxy) is 3. The van der Waals surface area contributed by atoms with Crippen LogP contribution in [0.2, 0.25) is 51.4 Å². The smallest absolute Gasteiger partial charge is 0.278 e. The van der Waals surface area contributed by atoms with Gasteiger partial charge in [-0.3, -0.25) is 4.79 Å². The molecule has 0 aliphatic carbocycles. The van der Waals surface area contributed by atoms with Crippen molar-refractivity contribution in [3.63, 3.8) is 0 Å². The molecule has 0 aliphatic rings. The first-order valence-electron chi connectivity index (χ1n) is 11.3. The minimum Gasteiger partial charge on any atom is -0.374 e. The highest BCUT2D eigenvalue weighted by molar-refractivity contribution is 9.10. The number of rotatable bonds is 13. The lowest BCUT2D eigenvalue weighted by atomic mass is 10.2. The molecule has 0 aromatic carbocycles. The van der Waals surface area contributed by atoms with E-state index >= 15 is 0 Å². The summed E-state index contributed by atoms with van der Waals surface area (Å²) in [4.78, 5) is 13.3. The Morgan fingerprint density at radius 1 is 1.00 bits per heavy atom. The maximum absolute atomic E-state index is 13.3. The van der Waals surface area contributed by atoms with Crippen molar-refractivity contribution in [3.8, 4) is 0 Å². The molecule has 0 fully saturated rings. The van der Waals surface area contributed by atoms with Crippen LogP contribution in [0.25, 0.3) is 10.9 Å². The summed E-state index contributed by atoms with van der Waals surface area (Å²) >= 11 is 3.69. The third-order valence-corrected chi connectivity index (χ3v) is 9.41. The van der Waals surface area contributed by atoms with E-state index in [2.05, 4.69) is 60.3 Å². The summed E-state index contributed by atoms with van der Waals surface area (Å²) in [5.74, 6) is 0. The van der Waals surface area contributed by atoms with Crippen molar-refractivity contribution in [1.29, 1.82) is 0 Å². The van der Waals surface area contributed by atoms with Gasteiger partial charge in [-0.2, -0.15) is 5.10 Å². The van der Waals surface area contributed by atoms with Gasteiger partial charge in [0, 0.05) is 34.9 Å². The molecule has 2 heterocycles.